The number of hydrogen-bond donors (Lipinski definition) is 3. The molecule has 52 valence electrons. The van der Waals surface area contributed by atoms with Gasteiger partial charge in [-0.05, 0) is 0 Å². The van der Waals surface area contributed by atoms with Crippen LogP contribution in [0.25, 0.3) is 0 Å². The second-order valence-electron chi connectivity index (χ2n) is 1.00. The first-order valence-corrected chi connectivity index (χ1v) is 2.05. The molecule has 0 rings (SSSR count). The standard InChI is InChI=1S/C3H3N5O2/c4-3(7-5-1-9)8-6-2-10/h(H3,4,7,8). The first kappa shape index (κ1) is 8.03. The van der Waals surface area contributed by atoms with Crippen LogP contribution in [0.3, 0.4) is 0 Å². The molecule has 0 saturated heterocycles. The Labute approximate surface area is 55.3 Å². The van der Waals surface area contributed by atoms with Crippen LogP contribution in [0.15, 0.2) is 10.2 Å². The van der Waals surface area contributed by atoms with Gasteiger partial charge in [-0.15, -0.1) is 0 Å². The monoisotopic (exact) mass is 141 g/mol. The molecular weight excluding hydrogens is 138 g/mol. The predicted octanol–water partition coefficient (Wildman–Crippen LogP) is -1.40. The number of nitrogens with one attached hydrogen (secondary N) is 3. The van der Waals surface area contributed by atoms with Crippen molar-refractivity contribution in [3.63, 3.8) is 0 Å². The summed E-state index contributed by atoms with van der Waals surface area (Å²) in [5.41, 5.74) is 3.74. The zero-order chi connectivity index (χ0) is 7.82. The summed E-state index contributed by atoms with van der Waals surface area (Å²) < 4.78 is 0. The van der Waals surface area contributed by atoms with Gasteiger partial charge in [0, 0.05) is 0 Å². The van der Waals surface area contributed by atoms with Gasteiger partial charge >= 0.3 is 0 Å². The van der Waals surface area contributed by atoms with Gasteiger partial charge in [-0.2, -0.15) is 0 Å². The highest BCUT2D eigenvalue weighted by Crippen LogP contribution is 1.57. The smallest absolute Gasteiger partial charge is 0.258 e. The van der Waals surface area contributed by atoms with Crippen molar-refractivity contribution in [3.05, 3.63) is 0 Å². The van der Waals surface area contributed by atoms with Gasteiger partial charge in [0.25, 0.3) is 12.2 Å². The van der Waals surface area contributed by atoms with Crippen LogP contribution >= 0.6 is 0 Å². The van der Waals surface area contributed by atoms with E-state index >= 15 is 0 Å². The minimum atomic E-state index is -0.410. The maximum absolute atomic E-state index is 9.40. The minimum Gasteiger partial charge on any atom is -0.266 e. The lowest BCUT2D eigenvalue weighted by Crippen LogP contribution is -2.28. The van der Waals surface area contributed by atoms with Crippen LogP contribution in [-0.2, 0) is 9.59 Å². The first-order valence-electron chi connectivity index (χ1n) is 2.05. The highest BCUT2D eigenvalue weighted by Gasteiger charge is 1.85. The lowest BCUT2D eigenvalue weighted by molar-refractivity contribution is 0.560. The van der Waals surface area contributed by atoms with Crippen molar-refractivity contribution < 1.29 is 9.59 Å². The van der Waals surface area contributed by atoms with E-state index in [1.54, 1.807) is 0 Å². The van der Waals surface area contributed by atoms with E-state index in [9.17, 15) is 9.59 Å². The van der Waals surface area contributed by atoms with Gasteiger partial charge in [-0.1, -0.05) is 10.2 Å². The van der Waals surface area contributed by atoms with Crippen LogP contribution in [0, 0.1) is 5.41 Å². The number of carbonyl (C=O) groups excluding carboxylic acids is 2. The average molecular weight is 141 g/mol. The maximum Gasteiger partial charge on any atom is 0.258 e. The number of rotatable bonds is 2. The van der Waals surface area contributed by atoms with Crippen LogP contribution in [0.2, 0.25) is 0 Å². The molecule has 0 saturated carbocycles. The zero-order valence-corrected chi connectivity index (χ0v) is 4.71. The highest BCUT2D eigenvalue weighted by atomic mass is 16.1. The van der Waals surface area contributed by atoms with Gasteiger partial charge in [0.15, 0.2) is 0 Å². The maximum atomic E-state index is 9.40. The van der Waals surface area contributed by atoms with Crippen LogP contribution in [0.5, 0.6) is 0 Å². The van der Waals surface area contributed by atoms with Crippen molar-refractivity contribution in [2.45, 2.75) is 0 Å². The third-order valence-electron chi connectivity index (χ3n) is 0.427. The van der Waals surface area contributed by atoms with Crippen molar-refractivity contribution in [2.24, 2.45) is 10.2 Å². The highest BCUT2D eigenvalue weighted by molar-refractivity contribution is 5.76. The Bertz CT molecular complexity index is 189. The molecule has 0 heterocycles. The summed E-state index contributed by atoms with van der Waals surface area (Å²) >= 11 is 0. The third kappa shape index (κ3) is 4.20. The quantitative estimate of drug-likeness (QED) is 0.190. The Morgan fingerprint density at radius 2 is 1.60 bits per heavy atom. The second-order valence-corrected chi connectivity index (χ2v) is 1.00. The van der Waals surface area contributed by atoms with E-state index in [-0.39, 0.29) is 0 Å². The third-order valence-corrected chi connectivity index (χ3v) is 0.427. The number of nitrogens with zero attached hydrogens (tertiary/aromatic N) is 2. The molecule has 7 nitrogen and oxygen atoms in total. The molecule has 0 aliphatic heterocycles. The van der Waals surface area contributed by atoms with Crippen molar-refractivity contribution >= 4 is 18.1 Å². The molecule has 0 fully saturated rings. The molecule has 0 aromatic rings. The van der Waals surface area contributed by atoms with E-state index in [2.05, 4.69) is 10.2 Å². The van der Waals surface area contributed by atoms with Crippen molar-refractivity contribution in [1.29, 1.82) is 5.41 Å². The van der Waals surface area contributed by atoms with Crippen molar-refractivity contribution in [1.82, 2.24) is 10.9 Å². The van der Waals surface area contributed by atoms with E-state index in [1.807, 2.05) is 10.9 Å². The molecule has 0 radical (unpaired) electrons. The molecule has 0 bridgehead atoms. The number of hydrazone groups is 2. The molecule has 0 amide bonds. The Balaban J connectivity index is 3.63. The molecule has 10 heavy (non-hydrogen) atoms. The Hall–Kier alpha value is -1.97. The molecule has 0 atom stereocenters. The fraction of sp³-hybridized carbons (Fsp3) is 0. The second kappa shape index (κ2) is 5.17. The summed E-state index contributed by atoms with van der Waals surface area (Å²) in [6.45, 7) is 0. The number of guanidine groups is 1. The molecule has 7 heteroatoms. The van der Waals surface area contributed by atoms with Gasteiger partial charge in [0.05, 0.1) is 0 Å². The topological polar surface area (TPSA) is 107 Å². The molecule has 0 aliphatic rings. The van der Waals surface area contributed by atoms with E-state index in [0.717, 1.165) is 12.2 Å². The van der Waals surface area contributed by atoms with Gasteiger partial charge < -0.3 is 0 Å². The zero-order valence-electron chi connectivity index (χ0n) is 4.71. The molecular formula is C3H3N5O2. The molecule has 0 aliphatic carbocycles. The van der Waals surface area contributed by atoms with E-state index in [4.69, 9.17) is 5.41 Å². The van der Waals surface area contributed by atoms with Crippen LogP contribution in [-0.4, -0.2) is 18.1 Å². The molecule has 0 unspecified atom stereocenters. The number of hydrogen-bond acceptors (Lipinski definition) is 5. The van der Waals surface area contributed by atoms with Crippen LogP contribution in [0.1, 0.15) is 0 Å². The van der Waals surface area contributed by atoms with Gasteiger partial charge in [0.2, 0.25) is 5.96 Å². The Morgan fingerprint density at radius 3 is 1.90 bits per heavy atom. The predicted molar refractivity (Wildman–Crippen MR) is 30.2 cm³/mol. The average Bonchev–Trinajstić information content (AvgIpc) is 1.97. The summed E-state index contributed by atoms with van der Waals surface area (Å²) in [6.07, 6.45) is 2.24. The van der Waals surface area contributed by atoms with E-state index in [0.29, 0.717) is 0 Å². The summed E-state index contributed by atoms with van der Waals surface area (Å²) in [6, 6.07) is 0. The first-order chi connectivity index (χ1) is 4.81. The SMILES string of the molecule is N=C(NN=C=O)NN=C=O. The van der Waals surface area contributed by atoms with E-state index < -0.39 is 5.96 Å². The van der Waals surface area contributed by atoms with Gasteiger partial charge in [0.1, 0.15) is 0 Å². The molecule has 0 spiro atoms. The van der Waals surface area contributed by atoms with Crippen LogP contribution in [0.4, 0.5) is 0 Å². The summed E-state index contributed by atoms with van der Waals surface area (Å²) in [5, 5.41) is 12.3. The Kier molecular flexibility index (Phi) is 4.15. The largest absolute Gasteiger partial charge is 0.266 e. The van der Waals surface area contributed by atoms with Crippen molar-refractivity contribution in [2.75, 3.05) is 0 Å². The van der Waals surface area contributed by atoms with E-state index in [1.165, 1.54) is 0 Å². The number of isocyanates is 2. The minimum absolute atomic E-state index is 0.410. The summed E-state index contributed by atoms with van der Waals surface area (Å²) in [4.78, 5) is 18.8. The summed E-state index contributed by atoms with van der Waals surface area (Å²) in [5.74, 6) is -0.410. The van der Waals surface area contributed by atoms with Gasteiger partial charge in [-0.25, -0.2) is 20.4 Å². The molecule has 0 aromatic carbocycles. The fourth-order valence-corrected chi connectivity index (χ4v) is 0.182. The van der Waals surface area contributed by atoms with Crippen LogP contribution < -0.4 is 10.9 Å². The normalized spacial score (nSPS) is 6.40. The fourth-order valence-electron chi connectivity index (χ4n) is 0.182. The molecule has 0 aromatic heterocycles. The lowest BCUT2D eigenvalue weighted by atomic mass is 11.1. The van der Waals surface area contributed by atoms with Crippen molar-refractivity contribution in [3.8, 4) is 0 Å². The summed E-state index contributed by atoms with van der Waals surface area (Å²) in [7, 11) is 0. The lowest BCUT2D eigenvalue weighted by Gasteiger charge is -1.93. The van der Waals surface area contributed by atoms with Gasteiger partial charge in [-0.3, -0.25) is 5.41 Å². The Morgan fingerprint density at radius 1 is 1.20 bits per heavy atom. The molecule has 3 N–H and O–H groups in total.